The van der Waals surface area contributed by atoms with Crippen molar-refractivity contribution >= 4 is 12.4 Å². The highest BCUT2D eigenvalue weighted by Gasteiger charge is 1.92. The summed E-state index contributed by atoms with van der Waals surface area (Å²) in [6.07, 6.45) is 4.03. The van der Waals surface area contributed by atoms with Gasteiger partial charge in [0.25, 0.3) is 0 Å². The van der Waals surface area contributed by atoms with Gasteiger partial charge in [-0.15, -0.1) is 12.4 Å². The topological polar surface area (TPSA) is 24.1 Å². The zero-order valence-electron chi connectivity index (χ0n) is 4.94. The largest absolute Gasteiger partial charge is 0.258 e. The second-order valence-electron chi connectivity index (χ2n) is 1.91. The van der Waals surface area contributed by atoms with Crippen LogP contribution in [0, 0.1) is 0 Å². The van der Waals surface area contributed by atoms with E-state index in [4.69, 9.17) is 0 Å². The molecule has 0 spiro atoms. The number of rotatable bonds is 0. The van der Waals surface area contributed by atoms with Crippen LogP contribution in [0.15, 0.2) is 0 Å². The van der Waals surface area contributed by atoms with E-state index in [1.165, 1.54) is 19.3 Å². The average molecular weight is 137 g/mol. The van der Waals surface area contributed by atoms with Gasteiger partial charge in [-0.3, -0.25) is 10.9 Å². The van der Waals surface area contributed by atoms with Crippen molar-refractivity contribution in [3.05, 3.63) is 0 Å². The molecule has 8 heavy (non-hydrogen) atoms. The minimum Gasteiger partial charge on any atom is -0.258 e. The Labute approximate surface area is 56.4 Å². The van der Waals surface area contributed by atoms with Gasteiger partial charge < -0.3 is 0 Å². The van der Waals surface area contributed by atoms with Gasteiger partial charge in [-0.1, -0.05) is 6.42 Å². The molecule has 0 aliphatic carbocycles. The molecule has 0 amide bonds. The van der Waals surface area contributed by atoms with Gasteiger partial charge in [-0.05, 0) is 12.8 Å². The van der Waals surface area contributed by atoms with Gasteiger partial charge in [-0.25, -0.2) is 0 Å². The summed E-state index contributed by atoms with van der Waals surface area (Å²) < 4.78 is 0. The summed E-state index contributed by atoms with van der Waals surface area (Å²) in [6, 6.07) is 0. The molecule has 0 aromatic carbocycles. The molecular weight excluding hydrogens is 124 g/mol. The molecule has 0 unspecified atom stereocenters. The van der Waals surface area contributed by atoms with Crippen LogP contribution in [-0.2, 0) is 0 Å². The molecule has 0 radical (unpaired) electrons. The Morgan fingerprint density at radius 1 is 0.750 bits per heavy atom. The SMILES string of the molecule is C1CCNNCC1.Cl. The molecule has 0 saturated carbocycles. The van der Waals surface area contributed by atoms with Crippen LogP contribution < -0.4 is 10.9 Å². The highest BCUT2D eigenvalue weighted by atomic mass is 35.5. The summed E-state index contributed by atoms with van der Waals surface area (Å²) in [4.78, 5) is 0. The fourth-order valence-corrected chi connectivity index (χ4v) is 0.780. The Bertz CT molecular complexity index is 30.0. The maximum absolute atomic E-state index is 3.10. The summed E-state index contributed by atoms with van der Waals surface area (Å²) in [7, 11) is 0. The van der Waals surface area contributed by atoms with Crippen molar-refractivity contribution in [3.8, 4) is 0 Å². The molecular formula is C5H13ClN2. The molecule has 2 N–H and O–H groups in total. The predicted molar refractivity (Wildman–Crippen MR) is 37.1 cm³/mol. The summed E-state index contributed by atoms with van der Waals surface area (Å²) >= 11 is 0. The van der Waals surface area contributed by atoms with Gasteiger partial charge >= 0.3 is 0 Å². The zero-order chi connectivity index (χ0) is 4.95. The Morgan fingerprint density at radius 2 is 1.25 bits per heavy atom. The molecule has 1 rings (SSSR count). The lowest BCUT2D eigenvalue weighted by Gasteiger charge is -1.95. The molecule has 1 aliphatic heterocycles. The first-order chi connectivity index (χ1) is 3.50. The fraction of sp³-hybridized carbons (Fsp3) is 1.00. The second kappa shape index (κ2) is 5.35. The Balaban J connectivity index is 0.000000490. The molecule has 1 fully saturated rings. The summed E-state index contributed by atoms with van der Waals surface area (Å²) in [5.41, 5.74) is 6.19. The van der Waals surface area contributed by atoms with Crippen molar-refractivity contribution in [2.45, 2.75) is 19.3 Å². The number of hydrazine groups is 1. The molecule has 1 saturated heterocycles. The van der Waals surface area contributed by atoms with Gasteiger partial charge in [0.2, 0.25) is 0 Å². The third-order valence-corrected chi connectivity index (χ3v) is 1.23. The lowest BCUT2D eigenvalue weighted by Crippen LogP contribution is -2.30. The van der Waals surface area contributed by atoms with Crippen LogP contribution in [0.25, 0.3) is 0 Å². The van der Waals surface area contributed by atoms with Gasteiger partial charge in [-0.2, -0.15) is 0 Å². The van der Waals surface area contributed by atoms with Crippen molar-refractivity contribution in [1.82, 2.24) is 10.9 Å². The van der Waals surface area contributed by atoms with Crippen LogP contribution >= 0.6 is 12.4 Å². The zero-order valence-corrected chi connectivity index (χ0v) is 5.76. The van der Waals surface area contributed by atoms with Gasteiger partial charge in [0.1, 0.15) is 0 Å². The first-order valence-electron chi connectivity index (χ1n) is 2.96. The van der Waals surface area contributed by atoms with E-state index in [2.05, 4.69) is 10.9 Å². The number of hydrogen-bond donors (Lipinski definition) is 2. The maximum Gasteiger partial charge on any atom is 0.00997 e. The van der Waals surface area contributed by atoms with Crippen molar-refractivity contribution in [2.24, 2.45) is 0 Å². The summed E-state index contributed by atoms with van der Waals surface area (Å²) in [5, 5.41) is 0. The Hall–Kier alpha value is 0.210. The number of nitrogens with one attached hydrogen (secondary N) is 2. The maximum atomic E-state index is 3.10. The van der Waals surface area contributed by atoms with Crippen LogP contribution in [-0.4, -0.2) is 13.1 Å². The minimum atomic E-state index is 0. The Kier molecular flexibility index (Phi) is 5.49. The van der Waals surface area contributed by atoms with Gasteiger partial charge in [0.15, 0.2) is 0 Å². The normalized spacial score (nSPS) is 21.0. The highest BCUT2D eigenvalue weighted by molar-refractivity contribution is 5.85. The molecule has 2 nitrogen and oxygen atoms in total. The third-order valence-electron chi connectivity index (χ3n) is 1.23. The molecule has 0 atom stereocenters. The van der Waals surface area contributed by atoms with E-state index in [1.807, 2.05) is 0 Å². The molecule has 0 bridgehead atoms. The average Bonchev–Trinajstić information content (AvgIpc) is 1.90. The van der Waals surface area contributed by atoms with Crippen LogP contribution in [0.2, 0.25) is 0 Å². The van der Waals surface area contributed by atoms with Crippen molar-refractivity contribution in [3.63, 3.8) is 0 Å². The van der Waals surface area contributed by atoms with E-state index in [0.717, 1.165) is 13.1 Å². The lowest BCUT2D eigenvalue weighted by molar-refractivity contribution is 0.573. The van der Waals surface area contributed by atoms with Crippen LogP contribution in [0.4, 0.5) is 0 Å². The van der Waals surface area contributed by atoms with Gasteiger partial charge in [0.05, 0.1) is 0 Å². The van der Waals surface area contributed by atoms with E-state index in [1.54, 1.807) is 0 Å². The van der Waals surface area contributed by atoms with Crippen molar-refractivity contribution < 1.29 is 0 Å². The standard InChI is InChI=1S/C5H12N2.ClH/c1-2-4-6-7-5-3-1;/h6-7H,1-5H2;1H. The van der Waals surface area contributed by atoms with Crippen molar-refractivity contribution in [2.75, 3.05) is 13.1 Å². The molecule has 0 aromatic rings. The van der Waals surface area contributed by atoms with Crippen LogP contribution in [0.5, 0.6) is 0 Å². The van der Waals surface area contributed by atoms with Gasteiger partial charge in [0, 0.05) is 13.1 Å². The van der Waals surface area contributed by atoms with E-state index in [-0.39, 0.29) is 12.4 Å². The van der Waals surface area contributed by atoms with Crippen molar-refractivity contribution in [1.29, 1.82) is 0 Å². The molecule has 0 aromatic heterocycles. The van der Waals surface area contributed by atoms with E-state index in [0.29, 0.717) is 0 Å². The van der Waals surface area contributed by atoms with Crippen LogP contribution in [0.3, 0.4) is 0 Å². The van der Waals surface area contributed by atoms with E-state index < -0.39 is 0 Å². The minimum absolute atomic E-state index is 0. The predicted octanol–water partition coefficient (Wildman–Crippen LogP) is 0.686. The molecule has 1 heterocycles. The number of hydrogen-bond acceptors (Lipinski definition) is 2. The Morgan fingerprint density at radius 3 is 1.75 bits per heavy atom. The highest BCUT2D eigenvalue weighted by Crippen LogP contribution is 1.93. The molecule has 1 aliphatic rings. The molecule has 3 heteroatoms. The summed E-state index contributed by atoms with van der Waals surface area (Å²) in [6.45, 7) is 2.28. The molecule has 50 valence electrons. The second-order valence-corrected chi connectivity index (χ2v) is 1.91. The summed E-state index contributed by atoms with van der Waals surface area (Å²) in [5.74, 6) is 0. The number of halogens is 1. The fourth-order valence-electron chi connectivity index (χ4n) is 0.780. The first-order valence-corrected chi connectivity index (χ1v) is 2.96. The lowest BCUT2D eigenvalue weighted by atomic mass is 10.2. The first kappa shape index (κ1) is 8.21. The van der Waals surface area contributed by atoms with E-state index >= 15 is 0 Å². The third kappa shape index (κ3) is 3.24. The quantitative estimate of drug-likeness (QED) is 0.512. The van der Waals surface area contributed by atoms with E-state index in [9.17, 15) is 0 Å². The van der Waals surface area contributed by atoms with Crippen LogP contribution in [0.1, 0.15) is 19.3 Å². The monoisotopic (exact) mass is 136 g/mol. The smallest absolute Gasteiger partial charge is 0.00997 e.